The van der Waals surface area contributed by atoms with E-state index in [-0.39, 0.29) is 6.04 Å². The fourth-order valence-electron chi connectivity index (χ4n) is 2.06. The van der Waals surface area contributed by atoms with E-state index in [2.05, 4.69) is 19.7 Å². The monoisotopic (exact) mass is 250 g/mol. The molecule has 0 saturated carbocycles. The van der Waals surface area contributed by atoms with Crippen LogP contribution in [-0.2, 0) is 6.54 Å². The Morgan fingerprint density at radius 1 is 1.41 bits per heavy atom. The van der Waals surface area contributed by atoms with Crippen molar-refractivity contribution in [2.24, 2.45) is 5.84 Å². The number of hydrogen-bond donors (Lipinski definition) is 1. The summed E-state index contributed by atoms with van der Waals surface area (Å²) in [5.74, 6) is 7.65. The van der Waals surface area contributed by atoms with Crippen LogP contribution in [0.5, 0.6) is 0 Å². The summed E-state index contributed by atoms with van der Waals surface area (Å²) in [6, 6.07) is 0.102. The molecule has 0 spiro atoms. The molecule has 90 valence electrons. The highest BCUT2D eigenvalue weighted by Gasteiger charge is 2.27. The lowest BCUT2D eigenvalue weighted by atomic mass is 10.2. The first-order valence-electron chi connectivity index (χ1n) is 5.54. The minimum absolute atomic E-state index is 0.102. The fraction of sp³-hybridized carbons (Fsp3) is 0.500. The van der Waals surface area contributed by atoms with Crippen LogP contribution in [0, 0.1) is 6.92 Å². The Morgan fingerprint density at radius 2 is 2.24 bits per heavy atom. The second kappa shape index (κ2) is 3.86. The van der Waals surface area contributed by atoms with Crippen LogP contribution in [0.1, 0.15) is 23.8 Å². The van der Waals surface area contributed by atoms with Crippen LogP contribution in [0.4, 0.5) is 0 Å². The highest BCUT2D eigenvalue weighted by atomic mass is 32.1. The van der Waals surface area contributed by atoms with Gasteiger partial charge < -0.3 is 4.57 Å². The van der Waals surface area contributed by atoms with E-state index in [0.717, 1.165) is 35.4 Å². The quantitative estimate of drug-likeness (QED) is 0.763. The summed E-state index contributed by atoms with van der Waals surface area (Å²) < 4.78 is 2.11. The molecule has 0 aromatic carbocycles. The summed E-state index contributed by atoms with van der Waals surface area (Å²) in [6.45, 7) is 5.65. The van der Waals surface area contributed by atoms with Crippen LogP contribution in [0.15, 0.2) is 5.38 Å². The Labute approximate surface area is 103 Å². The summed E-state index contributed by atoms with van der Waals surface area (Å²) in [4.78, 5) is 4.46. The first kappa shape index (κ1) is 10.8. The number of nitrogens with two attached hydrogens (primary N) is 1. The van der Waals surface area contributed by atoms with E-state index in [4.69, 9.17) is 5.84 Å². The normalized spacial score (nSPS) is 20.5. The van der Waals surface area contributed by atoms with Crippen molar-refractivity contribution < 1.29 is 0 Å². The smallest absolute Gasteiger partial charge is 0.183 e. The topological polar surface area (TPSA) is 72.9 Å². The Balaban J connectivity index is 2.07. The highest BCUT2D eigenvalue weighted by molar-refractivity contribution is 7.09. The van der Waals surface area contributed by atoms with Crippen LogP contribution in [0.25, 0.3) is 11.5 Å². The van der Waals surface area contributed by atoms with Crippen LogP contribution >= 0.6 is 11.3 Å². The number of fused-ring (bicyclic) bond motifs is 1. The Bertz CT molecular complexity index is 545. The van der Waals surface area contributed by atoms with Gasteiger partial charge in [-0.25, -0.2) is 9.99 Å². The average Bonchev–Trinajstić information content (AvgIpc) is 2.89. The molecule has 0 unspecified atom stereocenters. The van der Waals surface area contributed by atoms with Crippen LogP contribution in [0.2, 0.25) is 0 Å². The van der Waals surface area contributed by atoms with Crippen molar-refractivity contribution in [2.75, 3.05) is 6.54 Å². The zero-order valence-corrected chi connectivity index (χ0v) is 10.6. The van der Waals surface area contributed by atoms with Gasteiger partial charge in [-0.3, -0.25) is 5.84 Å². The predicted molar refractivity (Wildman–Crippen MR) is 65.2 cm³/mol. The average molecular weight is 250 g/mol. The molecule has 0 saturated heterocycles. The van der Waals surface area contributed by atoms with E-state index in [1.807, 2.05) is 19.2 Å². The van der Waals surface area contributed by atoms with Gasteiger partial charge in [0.25, 0.3) is 0 Å². The SMILES string of the molecule is Cc1nc(-c2nnc3n2CCN(N)[C@@H]3C)cs1. The molecule has 6 nitrogen and oxygen atoms in total. The van der Waals surface area contributed by atoms with E-state index in [9.17, 15) is 0 Å². The number of hydrazine groups is 1. The largest absolute Gasteiger partial charge is 0.307 e. The third kappa shape index (κ3) is 1.67. The van der Waals surface area contributed by atoms with Gasteiger partial charge in [0.15, 0.2) is 11.6 Å². The first-order chi connectivity index (χ1) is 8.16. The zero-order valence-electron chi connectivity index (χ0n) is 9.79. The summed E-state index contributed by atoms with van der Waals surface area (Å²) in [5, 5.41) is 13.3. The number of thiazole rings is 1. The Morgan fingerprint density at radius 3 is 2.94 bits per heavy atom. The predicted octanol–water partition coefficient (Wildman–Crippen LogP) is 0.960. The molecular formula is C10H14N6S. The van der Waals surface area contributed by atoms with E-state index in [1.54, 1.807) is 16.3 Å². The van der Waals surface area contributed by atoms with Gasteiger partial charge in [-0.05, 0) is 13.8 Å². The molecular weight excluding hydrogens is 236 g/mol. The van der Waals surface area contributed by atoms with Crippen molar-refractivity contribution in [3.63, 3.8) is 0 Å². The minimum atomic E-state index is 0.102. The number of aromatic nitrogens is 4. The molecule has 0 aliphatic carbocycles. The lowest BCUT2D eigenvalue weighted by molar-refractivity contribution is 0.168. The van der Waals surface area contributed by atoms with Gasteiger partial charge in [0, 0.05) is 18.5 Å². The third-order valence-corrected chi connectivity index (χ3v) is 3.85. The van der Waals surface area contributed by atoms with Gasteiger partial charge in [0.1, 0.15) is 5.69 Å². The maximum atomic E-state index is 5.88. The maximum Gasteiger partial charge on any atom is 0.183 e. The Hall–Kier alpha value is -1.31. The van der Waals surface area contributed by atoms with Gasteiger partial charge in [-0.15, -0.1) is 21.5 Å². The van der Waals surface area contributed by atoms with Crippen LogP contribution in [0.3, 0.4) is 0 Å². The minimum Gasteiger partial charge on any atom is -0.307 e. The van der Waals surface area contributed by atoms with E-state index < -0.39 is 0 Å². The Kier molecular flexibility index (Phi) is 2.46. The second-order valence-corrected chi connectivity index (χ2v) is 5.26. The van der Waals surface area contributed by atoms with Crippen molar-refractivity contribution in [1.29, 1.82) is 0 Å². The summed E-state index contributed by atoms with van der Waals surface area (Å²) >= 11 is 1.63. The van der Waals surface area contributed by atoms with Crippen LogP contribution in [-0.4, -0.2) is 31.3 Å². The molecule has 0 bridgehead atoms. The van der Waals surface area contributed by atoms with Crippen molar-refractivity contribution in [3.05, 3.63) is 16.2 Å². The summed E-state index contributed by atoms with van der Waals surface area (Å²) in [6.07, 6.45) is 0. The van der Waals surface area contributed by atoms with Crippen molar-refractivity contribution in [2.45, 2.75) is 26.4 Å². The second-order valence-electron chi connectivity index (χ2n) is 4.20. The van der Waals surface area contributed by atoms with Gasteiger partial charge in [-0.2, -0.15) is 0 Å². The number of rotatable bonds is 1. The van der Waals surface area contributed by atoms with Crippen LogP contribution < -0.4 is 5.84 Å². The number of hydrogen-bond acceptors (Lipinski definition) is 6. The molecule has 2 aromatic rings. The molecule has 0 amide bonds. The van der Waals surface area contributed by atoms with Gasteiger partial charge in [0.05, 0.1) is 11.0 Å². The van der Waals surface area contributed by atoms with Gasteiger partial charge in [-0.1, -0.05) is 0 Å². The van der Waals surface area contributed by atoms with E-state index in [1.165, 1.54) is 0 Å². The standard InChI is InChI=1S/C10H14N6S/c1-6-9-13-14-10(8-5-17-7(2)12-8)15(9)3-4-16(6)11/h5-6H,3-4,11H2,1-2H3/t6-/m1/s1. The number of nitrogens with zero attached hydrogens (tertiary/aromatic N) is 5. The van der Waals surface area contributed by atoms with Crippen molar-refractivity contribution in [1.82, 2.24) is 24.8 Å². The van der Waals surface area contributed by atoms with E-state index >= 15 is 0 Å². The molecule has 7 heteroatoms. The highest BCUT2D eigenvalue weighted by Crippen LogP contribution is 2.26. The molecule has 0 radical (unpaired) electrons. The molecule has 1 aliphatic heterocycles. The van der Waals surface area contributed by atoms with Crippen molar-refractivity contribution in [3.8, 4) is 11.5 Å². The third-order valence-electron chi connectivity index (χ3n) is 3.08. The van der Waals surface area contributed by atoms with Gasteiger partial charge in [0.2, 0.25) is 0 Å². The maximum absolute atomic E-state index is 5.88. The molecule has 1 aliphatic rings. The lowest BCUT2D eigenvalue weighted by Gasteiger charge is -2.29. The summed E-state index contributed by atoms with van der Waals surface area (Å²) in [5.41, 5.74) is 0.906. The number of aryl methyl sites for hydroxylation is 1. The molecule has 2 aromatic heterocycles. The van der Waals surface area contributed by atoms with E-state index in [0.29, 0.717) is 0 Å². The molecule has 1 atom stereocenters. The molecule has 0 fully saturated rings. The first-order valence-corrected chi connectivity index (χ1v) is 6.41. The van der Waals surface area contributed by atoms with Crippen molar-refractivity contribution >= 4 is 11.3 Å². The summed E-state index contributed by atoms with van der Waals surface area (Å²) in [7, 11) is 0. The lowest BCUT2D eigenvalue weighted by Crippen LogP contribution is -2.41. The molecule has 3 heterocycles. The molecule has 2 N–H and O–H groups in total. The molecule has 17 heavy (non-hydrogen) atoms. The zero-order chi connectivity index (χ0) is 12.0. The molecule has 3 rings (SSSR count). The fourth-order valence-corrected chi connectivity index (χ4v) is 2.65. The van der Waals surface area contributed by atoms with Gasteiger partial charge >= 0.3 is 0 Å².